The van der Waals surface area contributed by atoms with Crippen molar-refractivity contribution >= 4 is 16.0 Å². The van der Waals surface area contributed by atoms with Gasteiger partial charge >= 0.3 is 0 Å². The van der Waals surface area contributed by atoms with Gasteiger partial charge in [-0.1, -0.05) is 31.2 Å². The molecule has 0 saturated carbocycles. The van der Waals surface area contributed by atoms with Crippen LogP contribution in [0.2, 0.25) is 0 Å². The van der Waals surface area contributed by atoms with Crippen LogP contribution in [0.4, 0.5) is 0 Å². The van der Waals surface area contributed by atoms with Crippen molar-refractivity contribution in [3.63, 3.8) is 0 Å². The van der Waals surface area contributed by atoms with Crippen molar-refractivity contribution in [2.75, 3.05) is 32.4 Å². The Hall–Kier alpha value is -1.60. The van der Waals surface area contributed by atoms with Gasteiger partial charge in [0.25, 0.3) is 0 Å². The fourth-order valence-electron chi connectivity index (χ4n) is 2.31. The van der Waals surface area contributed by atoms with Crippen LogP contribution in [0.25, 0.3) is 0 Å². The molecule has 0 aromatic heterocycles. The summed E-state index contributed by atoms with van der Waals surface area (Å²) < 4.78 is 24.6. The van der Waals surface area contributed by atoms with Crippen LogP contribution >= 0.6 is 0 Å². The van der Waals surface area contributed by atoms with E-state index in [9.17, 15) is 8.42 Å². The van der Waals surface area contributed by atoms with E-state index in [0.717, 1.165) is 18.9 Å². The number of rotatable bonds is 9. The number of sulfonamides is 1. The van der Waals surface area contributed by atoms with Crippen molar-refractivity contribution in [1.29, 1.82) is 0 Å². The van der Waals surface area contributed by atoms with Gasteiger partial charge in [0, 0.05) is 26.2 Å². The van der Waals surface area contributed by atoms with Crippen LogP contribution in [-0.4, -0.2) is 51.1 Å². The highest BCUT2D eigenvalue weighted by Crippen LogP contribution is 2.07. The third-order valence-electron chi connectivity index (χ3n) is 3.71. The molecule has 0 radical (unpaired) electrons. The summed E-state index contributed by atoms with van der Waals surface area (Å²) in [7, 11) is -3.12. The van der Waals surface area contributed by atoms with Crippen molar-refractivity contribution in [2.24, 2.45) is 4.99 Å². The molecular formula is C17H30N4O2S. The minimum Gasteiger partial charge on any atom is -0.357 e. The van der Waals surface area contributed by atoms with E-state index in [2.05, 4.69) is 34.7 Å². The molecule has 24 heavy (non-hydrogen) atoms. The topological polar surface area (TPSA) is 73.8 Å². The monoisotopic (exact) mass is 354 g/mol. The first-order valence-corrected chi connectivity index (χ1v) is 10.2. The Bertz CT molecular complexity index is 629. The molecule has 1 aromatic carbocycles. The van der Waals surface area contributed by atoms with Crippen LogP contribution in [0.1, 0.15) is 31.4 Å². The Morgan fingerprint density at radius 3 is 2.50 bits per heavy atom. The number of nitrogens with one attached hydrogen (secondary N) is 2. The second-order valence-corrected chi connectivity index (χ2v) is 7.64. The van der Waals surface area contributed by atoms with Gasteiger partial charge in [0.1, 0.15) is 0 Å². The molecule has 0 unspecified atom stereocenters. The van der Waals surface area contributed by atoms with Crippen molar-refractivity contribution < 1.29 is 8.42 Å². The Labute approximate surface area is 146 Å². The van der Waals surface area contributed by atoms with Crippen LogP contribution in [0.5, 0.6) is 0 Å². The highest BCUT2D eigenvalue weighted by molar-refractivity contribution is 7.88. The molecule has 0 amide bonds. The van der Waals surface area contributed by atoms with Crippen molar-refractivity contribution in [1.82, 2.24) is 14.9 Å². The molecule has 7 heteroatoms. The van der Waals surface area contributed by atoms with Crippen LogP contribution in [0.3, 0.4) is 0 Å². The first kappa shape index (κ1) is 20.4. The van der Waals surface area contributed by atoms with Gasteiger partial charge in [-0.05, 0) is 31.4 Å². The van der Waals surface area contributed by atoms with Gasteiger partial charge in [-0.15, -0.1) is 0 Å². The number of benzene rings is 1. The number of aryl methyl sites for hydroxylation is 1. The summed E-state index contributed by atoms with van der Waals surface area (Å²) in [6, 6.07) is 8.19. The second kappa shape index (κ2) is 10.3. The lowest BCUT2D eigenvalue weighted by Gasteiger charge is -2.18. The number of aliphatic imine (C=N–C) groups is 1. The summed E-state index contributed by atoms with van der Waals surface area (Å²) in [5, 5.41) is 6.47. The molecule has 1 aromatic rings. The van der Waals surface area contributed by atoms with E-state index in [0.29, 0.717) is 26.2 Å². The van der Waals surface area contributed by atoms with E-state index in [1.165, 1.54) is 21.7 Å². The van der Waals surface area contributed by atoms with Gasteiger partial charge in [0.05, 0.1) is 12.8 Å². The largest absolute Gasteiger partial charge is 0.357 e. The van der Waals surface area contributed by atoms with Crippen molar-refractivity contribution in [3.8, 4) is 0 Å². The molecule has 0 saturated heterocycles. The van der Waals surface area contributed by atoms with E-state index >= 15 is 0 Å². The second-order valence-electron chi connectivity index (χ2n) is 5.66. The molecule has 0 aliphatic rings. The molecule has 0 fully saturated rings. The lowest BCUT2D eigenvalue weighted by molar-refractivity contribution is 0.424. The Morgan fingerprint density at radius 1 is 1.21 bits per heavy atom. The number of hydrogen-bond acceptors (Lipinski definition) is 3. The first-order chi connectivity index (χ1) is 11.4. The summed E-state index contributed by atoms with van der Waals surface area (Å²) in [6.07, 6.45) is 1.98. The molecule has 0 aliphatic carbocycles. The first-order valence-electron chi connectivity index (χ1n) is 8.40. The molecule has 6 nitrogen and oxygen atoms in total. The van der Waals surface area contributed by atoms with Crippen molar-refractivity contribution in [3.05, 3.63) is 35.4 Å². The van der Waals surface area contributed by atoms with Gasteiger partial charge in [0.15, 0.2) is 5.96 Å². The summed E-state index contributed by atoms with van der Waals surface area (Å²) in [5.74, 6) is 0.753. The van der Waals surface area contributed by atoms with E-state index in [1.807, 2.05) is 26.0 Å². The zero-order valence-electron chi connectivity index (χ0n) is 15.2. The van der Waals surface area contributed by atoms with Gasteiger partial charge in [-0.3, -0.25) is 0 Å². The van der Waals surface area contributed by atoms with Crippen LogP contribution in [-0.2, 0) is 16.6 Å². The molecule has 1 rings (SSSR count). The Kier molecular flexibility index (Phi) is 8.78. The van der Waals surface area contributed by atoms with Crippen molar-refractivity contribution in [2.45, 2.75) is 33.7 Å². The number of hydrogen-bond donors (Lipinski definition) is 2. The lowest BCUT2D eigenvalue weighted by Crippen LogP contribution is -2.39. The lowest BCUT2D eigenvalue weighted by atomic mass is 10.1. The Morgan fingerprint density at radius 2 is 1.92 bits per heavy atom. The Balaban J connectivity index is 2.51. The quantitative estimate of drug-likeness (QED) is 0.402. The maximum absolute atomic E-state index is 11.6. The zero-order chi connectivity index (χ0) is 18.0. The van der Waals surface area contributed by atoms with E-state index < -0.39 is 10.0 Å². The SMILES string of the molecule is CCNC(=NCc1ccccc1C)NCCCN(CC)S(C)(=O)=O. The fourth-order valence-corrected chi connectivity index (χ4v) is 3.24. The molecule has 0 atom stereocenters. The minimum absolute atomic E-state index is 0.500. The molecule has 136 valence electrons. The third kappa shape index (κ3) is 7.31. The maximum Gasteiger partial charge on any atom is 0.211 e. The van der Waals surface area contributed by atoms with Gasteiger partial charge < -0.3 is 10.6 Å². The van der Waals surface area contributed by atoms with Gasteiger partial charge in [0.2, 0.25) is 10.0 Å². The normalized spacial score (nSPS) is 12.5. The van der Waals surface area contributed by atoms with Crippen LogP contribution in [0, 0.1) is 6.92 Å². The maximum atomic E-state index is 11.6. The van der Waals surface area contributed by atoms with E-state index in [1.54, 1.807) is 0 Å². The molecule has 0 heterocycles. The molecular weight excluding hydrogens is 324 g/mol. The highest BCUT2D eigenvalue weighted by Gasteiger charge is 2.13. The summed E-state index contributed by atoms with van der Waals surface area (Å²) in [5.41, 5.74) is 2.42. The molecule has 0 bridgehead atoms. The zero-order valence-corrected chi connectivity index (χ0v) is 16.0. The third-order valence-corrected chi connectivity index (χ3v) is 5.09. The summed E-state index contributed by atoms with van der Waals surface area (Å²) in [4.78, 5) is 4.59. The number of nitrogens with zero attached hydrogens (tertiary/aromatic N) is 2. The number of guanidine groups is 1. The average Bonchev–Trinajstić information content (AvgIpc) is 2.52. The summed E-state index contributed by atoms with van der Waals surface area (Å²) in [6.45, 7) is 9.03. The molecule has 0 aliphatic heterocycles. The standard InChI is InChI=1S/C17H30N4O2S/c1-5-18-17(20-14-16-11-8-7-10-15(16)3)19-12-9-13-21(6-2)24(4,22)23/h7-8,10-11H,5-6,9,12-14H2,1-4H3,(H2,18,19,20). The average molecular weight is 355 g/mol. The van der Waals surface area contributed by atoms with E-state index in [4.69, 9.17) is 0 Å². The van der Waals surface area contributed by atoms with Gasteiger partial charge in [-0.25, -0.2) is 17.7 Å². The van der Waals surface area contributed by atoms with E-state index in [-0.39, 0.29) is 0 Å². The summed E-state index contributed by atoms with van der Waals surface area (Å²) >= 11 is 0. The van der Waals surface area contributed by atoms with Crippen LogP contribution < -0.4 is 10.6 Å². The van der Waals surface area contributed by atoms with Gasteiger partial charge in [-0.2, -0.15) is 0 Å². The molecule has 0 spiro atoms. The highest BCUT2D eigenvalue weighted by atomic mass is 32.2. The molecule has 2 N–H and O–H groups in total. The smallest absolute Gasteiger partial charge is 0.211 e. The predicted molar refractivity (Wildman–Crippen MR) is 101 cm³/mol. The predicted octanol–water partition coefficient (Wildman–Crippen LogP) is 1.72. The van der Waals surface area contributed by atoms with Crippen LogP contribution in [0.15, 0.2) is 29.3 Å². The fraction of sp³-hybridized carbons (Fsp3) is 0.588. The minimum atomic E-state index is -3.12.